The smallest absolute Gasteiger partial charge is 0.313 e. The quantitative estimate of drug-likeness (QED) is 0.514. The van der Waals surface area contributed by atoms with Crippen LogP contribution in [0.5, 0.6) is 0 Å². The van der Waals surface area contributed by atoms with Gasteiger partial charge >= 0.3 is 6.72 Å². The van der Waals surface area contributed by atoms with Crippen molar-refractivity contribution in [2.45, 2.75) is 25.5 Å². The molecule has 72 valence electrons. The molecule has 0 radical (unpaired) electrons. The highest BCUT2D eigenvalue weighted by Crippen LogP contribution is 2.66. The Kier molecular flexibility index (Phi) is 3.65. The van der Waals surface area contributed by atoms with Gasteiger partial charge in [0.1, 0.15) is 0 Å². The van der Waals surface area contributed by atoms with Crippen LogP contribution in [-0.2, 0) is 9.09 Å². The van der Waals surface area contributed by atoms with Gasteiger partial charge in [-0.1, -0.05) is 25.2 Å². The van der Waals surface area contributed by atoms with E-state index in [4.69, 9.17) is 4.52 Å². The van der Waals surface area contributed by atoms with Gasteiger partial charge in [0.2, 0.25) is 0 Å². The van der Waals surface area contributed by atoms with Gasteiger partial charge in [0.05, 0.1) is 0 Å². The second kappa shape index (κ2) is 4.14. The predicted octanol–water partition coefficient (Wildman–Crippen LogP) is 2.59. The second-order valence-electron chi connectivity index (χ2n) is 2.93. The van der Waals surface area contributed by atoms with Crippen molar-refractivity contribution in [1.29, 1.82) is 0 Å². The van der Waals surface area contributed by atoms with Crippen LogP contribution in [0.2, 0.25) is 0 Å². The van der Waals surface area contributed by atoms with Crippen LogP contribution in [0.4, 0.5) is 0 Å². The summed E-state index contributed by atoms with van der Waals surface area (Å²) in [6.45, 7) is 3.55. The van der Waals surface area contributed by atoms with Crippen molar-refractivity contribution < 1.29 is 9.09 Å². The minimum absolute atomic E-state index is 0.413. The Morgan fingerprint density at radius 3 is 2.58 bits per heavy atom. The molecule has 0 amide bonds. The van der Waals surface area contributed by atoms with Gasteiger partial charge in [-0.2, -0.15) is 0 Å². The number of hydrogen-bond acceptors (Lipinski definition) is 3. The molecule has 12 heavy (non-hydrogen) atoms. The maximum atomic E-state index is 12.0. The van der Waals surface area contributed by atoms with Crippen LogP contribution >= 0.6 is 18.1 Å². The summed E-state index contributed by atoms with van der Waals surface area (Å²) in [4.78, 5) is 0. The van der Waals surface area contributed by atoms with Gasteiger partial charge in [-0.25, -0.2) is 4.67 Å². The summed E-state index contributed by atoms with van der Waals surface area (Å²) < 4.78 is 19.0. The molecule has 0 bridgehead atoms. The average Bonchev–Trinajstić information content (AvgIpc) is 2.86. The standard InChI is InChI=1S/C7H16NO2PS/c1-4-7(2)12-11(9,10-3)8-5-6-8/h7H,4-6H2,1-3H3. The molecular formula is C7H16NO2PS. The molecular weight excluding hydrogens is 193 g/mol. The largest absolute Gasteiger partial charge is 0.329 e. The van der Waals surface area contributed by atoms with Gasteiger partial charge in [-0.05, 0) is 6.42 Å². The summed E-state index contributed by atoms with van der Waals surface area (Å²) in [6, 6.07) is 0. The maximum Gasteiger partial charge on any atom is 0.329 e. The molecule has 3 nitrogen and oxygen atoms in total. The monoisotopic (exact) mass is 209 g/mol. The third kappa shape index (κ3) is 2.49. The lowest BCUT2D eigenvalue weighted by Crippen LogP contribution is -1.99. The van der Waals surface area contributed by atoms with Crippen LogP contribution in [-0.4, -0.2) is 30.1 Å². The Labute approximate surface area is 78.1 Å². The molecule has 0 aromatic heterocycles. The third-order valence-electron chi connectivity index (χ3n) is 1.89. The zero-order valence-electron chi connectivity index (χ0n) is 7.82. The number of hydrogen-bond donors (Lipinski definition) is 0. The molecule has 2 atom stereocenters. The summed E-state index contributed by atoms with van der Waals surface area (Å²) in [5.41, 5.74) is 0. The van der Waals surface area contributed by atoms with E-state index in [-0.39, 0.29) is 0 Å². The molecule has 0 aromatic rings. The van der Waals surface area contributed by atoms with Gasteiger partial charge in [0, 0.05) is 25.4 Å². The van der Waals surface area contributed by atoms with E-state index in [0.717, 1.165) is 19.5 Å². The fraction of sp³-hybridized carbons (Fsp3) is 1.00. The fourth-order valence-electron chi connectivity index (χ4n) is 0.817. The van der Waals surface area contributed by atoms with Crippen molar-refractivity contribution in [3.05, 3.63) is 0 Å². The third-order valence-corrected chi connectivity index (χ3v) is 7.42. The second-order valence-corrected chi connectivity index (χ2v) is 7.83. The van der Waals surface area contributed by atoms with Crippen LogP contribution in [0.1, 0.15) is 20.3 Å². The van der Waals surface area contributed by atoms with Crippen LogP contribution in [0.15, 0.2) is 0 Å². The van der Waals surface area contributed by atoms with E-state index in [1.165, 1.54) is 18.5 Å². The first-order chi connectivity index (χ1) is 5.62. The zero-order valence-corrected chi connectivity index (χ0v) is 9.53. The highest BCUT2D eigenvalue weighted by molar-refractivity contribution is 8.56. The van der Waals surface area contributed by atoms with Gasteiger partial charge in [0.15, 0.2) is 0 Å². The first-order valence-corrected chi connectivity index (χ1v) is 7.28. The van der Waals surface area contributed by atoms with Crippen molar-refractivity contribution in [1.82, 2.24) is 4.67 Å². The molecule has 0 aromatic carbocycles. The summed E-state index contributed by atoms with van der Waals surface area (Å²) in [5.74, 6) is 0. The predicted molar refractivity (Wildman–Crippen MR) is 53.5 cm³/mol. The molecule has 1 heterocycles. The van der Waals surface area contributed by atoms with E-state index in [0.29, 0.717) is 5.25 Å². The van der Waals surface area contributed by atoms with E-state index < -0.39 is 6.72 Å². The lowest BCUT2D eigenvalue weighted by molar-refractivity contribution is 0.384. The lowest BCUT2D eigenvalue weighted by atomic mass is 10.4. The molecule has 5 heteroatoms. The normalized spacial score (nSPS) is 24.9. The van der Waals surface area contributed by atoms with Crippen LogP contribution in [0, 0.1) is 0 Å². The molecule has 0 saturated carbocycles. The Balaban J connectivity index is 2.49. The topological polar surface area (TPSA) is 29.3 Å². The first-order valence-electron chi connectivity index (χ1n) is 4.22. The van der Waals surface area contributed by atoms with Crippen LogP contribution < -0.4 is 0 Å². The first kappa shape index (κ1) is 10.6. The van der Waals surface area contributed by atoms with Crippen molar-refractivity contribution in [2.75, 3.05) is 20.2 Å². The summed E-state index contributed by atoms with van der Waals surface area (Å²) >= 11 is 1.48. The molecule has 1 fully saturated rings. The van der Waals surface area contributed by atoms with Crippen molar-refractivity contribution in [3.63, 3.8) is 0 Å². The molecule has 0 N–H and O–H groups in total. The molecule has 1 aliphatic rings. The molecule has 0 aliphatic carbocycles. The summed E-state index contributed by atoms with van der Waals surface area (Å²) in [6.07, 6.45) is 1.03. The zero-order chi connectivity index (χ0) is 9.19. The summed E-state index contributed by atoms with van der Waals surface area (Å²) in [5, 5.41) is 0.413. The van der Waals surface area contributed by atoms with Gasteiger partial charge in [-0.3, -0.25) is 4.57 Å². The summed E-state index contributed by atoms with van der Waals surface area (Å²) in [7, 11) is 1.54. The minimum atomic E-state index is -2.48. The highest BCUT2D eigenvalue weighted by atomic mass is 32.7. The van der Waals surface area contributed by atoms with E-state index in [2.05, 4.69) is 13.8 Å². The molecule has 1 aliphatic heterocycles. The fourth-order valence-corrected chi connectivity index (χ4v) is 5.41. The van der Waals surface area contributed by atoms with E-state index in [1.807, 2.05) is 4.67 Å². The number of nitrogens with zero attached hydrogens (tertiary/aromatic N) is 1. The lowest BCUT2D eigenvalue weighted by Gasteiger charge is -2.18. The molecule has 1 saturated heterocycles. The van der Waals surface area contributed by atoms with Crippen LogP contribution in [0.3, 0.4) is 0 Å². The molecule has 1 rings (SSSR count). The molecule has 0 spiro atoms. The van der Waals surface area contributed by atoms with Gasteiger partial charge in [-0.15, -0.1) is 0 Å². The Bertz CT molecular complexity index is 196. The van der Waals surface area contributed by atoms with Crippen molar-refractivity contribution in [3.8, 4) is 0 Å². The highest BCUT2D eigenvalue weighted by Gasteiger charge is 2.40. The van der Waals surface area contributed by atoms with E-state index in [1.54, 1.807) is 0 Å². The Morgan fingerprint density at radius 1 is 1.67 bits per heavy atom. The van der Waals surface area contributed by atoms with Gasteiger partial charge < -0.3 is 4.52 Å². The average molecular weight is 209 g/mol. The van der Waals surface area contributed by atoms with Crippen molar-refractivity contribution >= 4 is 18.1 Å². The Hall–Kier alpha value is 0.500. The van der Waals surface area contributed by atoms with E-state index in [9.17, 15) is 4.57 Å². The van der Waals surface area contributed by atoms with Crippen molar-refractivity contribution in [2.24, 2.45) is 0 Å². The maximum absolute atomic E-state index is 12.0. The minimum Gasteiger partial charge on any atom is -0.313 e. The van der Waals surface area contributed by atoms with E-state index >= 15 is 0 Å². The Morgan fingerprint density at radius 2 is 2.25 bits per heavy atom. The number of rotatable bonds is 5. The van der Waals surface area contributed by atoms with Gasteiger partial charge in [0.25, 0.3) is 0 Å². The molecule has 2 unspecified atom stereocenters. The van der Waals surface area contributed by atoms with Crippen LogP contribution in [0.25, 0.3) is 0 Å². The SMILES string of the molecule is CCC(C)SP(=O)(OC)N1CC1.